The lowest BCUT2D eigenvalue weighted by atomic mass is 9.89. The van der Waals surface area contributed by atoms with E-state index in [1.165, 1.54) is 0 Å². The third-order valence-corrected chi connectivity index (χ3v) is 12.5. The second-order valence-corrected chi connectivity index (χ2v) is 16.5. The van der Waals surface area contributed by atoms with E-state index in [4.69, 9.17) is 37.4 Å². The normalized spacial score (nSPS) is 16.9. The number of nitrogens with one attached hydrogen (secondary N) is 1. The Hall–Kier alpha value is -5.87. The molecule has 312 valence electrons. The number of fused-ring (bicyclic) bond motifs is 2. The molecule has 2 unspecified atom stereocenters. The molecule has 4 atom stereocenters. The predicted octanol–water partition coefficient (Wildman–Crippen LogP) is 10.5. The van der Waals surface area contributed by atoms with Crippen LogP contribution >= 0.6 is 23.2 Å². The fourth-order valence-corrected chi connectivity index (χ4v) is 8.62. The number of carbonyl (C=O) groups excluding carboxylic acids is 1. The van der Waals surface area contributed by atoms with E-state index >= 15 is 0 Å². The summed E-state index contributed by atoms with van der Waals surface area (Å²) in [5.41, 5.74) is 9.92. The average Bonchev–Trinajstić information content (AvgIpc) is 3.27. The number of hydrogen-bond acceptors (Lipinski definition) is 7. The Kier molecular flexibility index (Phi) is 12.6. The van der Waals surface area contributed by atoms with Gasteiger partial charge in [-0.05, 0) is 119 Å². The molecule has 0 bridgehead atoms. The summed E-state index contributed by atoms with van der Waals surface area (Å²) in [6.45, 7) is 7.25. The van der Waals surface area contributed by atoms with Gasteiger partial charge < -0.3 is 24.6 Å². The van der Waals surface area contributed by atoms with Crippen LogP contribution < -0.4 is 19.5 Å². The first-order chi connectivity index (χ1) is 29.5. The number of ether oxygens (including phenoxy) is 3. The first-order valence-electron chi connectivity index (χ1n) is 20.5. The van der Waals surface area contributed by atoms with Crippen molar-refractivity contribution in [3.63, 3.8) is 0 Å². The van der Waals surface area contributed by atoms with Crippen molar-refractivity contribution in [3.8, 4) is 28.4 Å². The highest BCUT2D eigenvalue weighted by atomic mass is 35.5. The van der Waals surface area contributed by atoms with Gasteiger partial charge in [0, 0.05) is 30.9 Å². The Labute approximate surface area is 366 Å². The van der Waals surface area contributed by atoms with Crippen molar-refractivity contribution in [1.82, 2.24) is 15.2 Å². The van der Waals surface area contributed by atoms with E-state index in [2.05, 4.69) is 34.3 Å². The van der Waals surface area contributed by atoms with Crippen molar-refractivity contribution in [3.05, 3.63) is 176 Å². The van der Waals surface area contributed by atoms with Gasteiger partial charge in [0.1, 0.15) is 25.0 Å². The van der Waals surface area contributed by atoms with Crippen LogP contribution in [-0.4, -0.2) is 45.6 Å². The molecule has 5 aromatic carbocycles. The summed E-state index contributed by atoms with van der Waals surface area (Å²) in [6.07, 6.45) is 2.72. The molecule has 3 heterocycles. The molecule has 2 aliphatic heterocycles. The minimum atomic E-state index is -1.12. The molecule has 6 aromatic rings. The number of halogens is 2. The maximum Gasteiger partial charge on any atom is 0.326 e. The highest BCUT2D eigenvalue weighted by molar-refractivity contribution is 6.42. The number of amides is 1. The molecular weight excluding hydrogens is 809 g/mol. The van der Waals surface area contributed by atoms with E-state index in [9.17, 15) is 14.7 Å². The smallest absolute Gasteiger partial charge is 0.326 e. The van der Waals surface area contributed by atoms with Crippen molar-refractivity contribution in [2.45, 2.75) is 77.4 Å². The van der Waals surface area contributed by atoms with Gasteiger partial charge in [-0.3, -0.25) is 14.7 Å². The highest BCUT2D eigenvalue weighted by Gasteiger charge is 2.39. The van der Waals surface area contributed by atoms with Gasteiger partial charge >= 0.3 is 5.97 Å². The summed E-state index contributed by atoms with van der Waals surface area (Å²) < 4.78 is 18.9. The lowest BCUT2D eigenvalue weighted by Crippen LogP contribution is -2.55. The molecule has 9 nitrogen and oxygen atoms in total. The number of rotatable bonds is 13. The van der Waals surface area contributed by atoms with Gasteiger partial charge in [0.2, 0.25) is 5.91 Å². The molecule has 8 rings (SSSR count). The van der Waals surface area contributed by atoms with Crippen molar-refractivity contribution in [2.75, 3.05) is 6.61 Å². The van der Waals surface area contributed by atoms with Gasteiger partial charge in [0.25, 0.3) is 0 Å². The fourth-order valence-electron chi connectivity index (χ4n) is 8.30. The fraction of sp³-hybridized carbons (Fsp3) is 0.260. The molecule has 1 amide bonds. The monoisotopic (exact) mass is 855 g/mol. The molecule has 11 heteroatoms. The molecule has 0 saturated heterocycles. The van der Waals surface area contributed by atoms with Gasteiger partial charge in [0.15, 0.2) is 17.6 Å². The Balaban J connectivity index is 0.993. The summed E-state index contributed by atoms with van der Waals surface area (Å²) in [5, 5.41) is 14.3. The van der Waals surface area contributed by atoms with Gasteiger partial charge in [-0.25, -0.2) is 4.79 Å². The van der Waals surface area contributed by atoms with Crippen LogP contribution in [0.4, 0.5) is 0 Å². The molecule has 0 aliphatic carbocycles. The van der Waals surface area contributed by atoms with E-state index in [1.54, 1.807) is 18.3 Å². The van der Waals surface area contributed by atoms with E-state index in [1.807, 2.05) is 105 Å². The minimum Gasteiger partial charge on any atom is -0.489 e. The lowest BCUT2D eigenvalue weighted by Gasteiger charge is -2.42. The number of carboxylic acid groups (broad SMARTS) is 1. The van der Waals surface area contributed by atoms with Crippen molar-refractivity contribution in [2.24, 2.45) is 0 Å². The Bertz CT molecular complexity index is 2530. The third-order valence-electron chi connectivity index (χ3n) is 11.8. The topological polar surface area (TPSA) is 110 Å². The largest absolute Gasteiger partial charge is 0.489 e. The molecule has 61 heavy (non-hydrogen) atoms. The van der Waals surface area contributed by atoms with Crippen LogP contribution in [0.2, 0.25) is 10.0 Å². The summed E-state index contributed by atoms with van der Waals surface area (Å²) in [7, 11) is 0. The van der Waals surface area contributed by atoms with E-state index in [-0.39, 0.29) is 24.5 Å². The zero-order chi connectivity index (χ0) is 42.6. The SMILES string of the molecule is CCC(c1ccccc1)N1Cc2cc3c(cc2C[C@H]1C(=O)NC(Cc1ccc(-c2ccnc(C)c2C)cc1)C(=O)O)OC[C@H](c1ccc(OCc2ccc(Cl)c(Cl)c2)cc1)O3. The summed E-state index contributed by atoms with van der Waals surface area (Å²) in [5.74, 6) is 0.542. The van der Waals surface area contributed by atoms with Crippen LogP contribution in [0.3, 0.4) is 0 Å². The Morgan fingerprint density at radius 1 is 0.885 bits per heavy atom. The Morgan fingerprint density at radius 2 is 1.62 bits per heavy atom. The van der Waals surface area contributed by atoms with Gasteiger partial charge in [-0.15, -0.1) is 0 Å². The van der Waals surface area contributed by atoms with Gasteiger partial charge in [-0.1, -0.05) is 103 Å². The van der Waals surface area contributed by atoms with Crippen LogP contribution in [0.5, 0.6) is 17.2 Å². The molecule has 2 aliphatic rings. The third kappa shape index (κ3) is 9.39. The number of carboxylic acids is 1. The maximum absolute atomic E-state index is 14.4. The van der Waals surface area contributed by atoms with Crippen LogP contribution in [0.25, 0.3) is 11.1 Å². The summed E-state index contributed by atoms with van der Waals surface area (Å²) in [4.78, 5) is 33.7. The number of aliphatic carboxylic acids is 1. The number of carbonyl (C=O) groups is 2. The van der Waals surface area contributed by atoms with E-state index in [0.717, 1.165) is 62.2 Å². The minimum absolute atomic E-state index is 0.0976. The Morgan fingerprint density at radius 3 is 2.34 bits per heavy atom. The van der Waals surface area contributed by atoms with E-state index in [0.29, 0.717) is 53.5 Å². The first-order valence-corrected chi connectivity index (χ1v) is 21.3. The van der Waals surface area contributed by atoms with Crippen molar-refractivity contribution in [1.29, 1.82) is 0 Å². The first kappa shape index (κ1) is 41.8. The number of benzene rings is 5. The molecule has 2 N–H and O–H groups in total. The second-order valence-electron chi connectivity index (χ2n) is 15.7. The molecule has 0 spiro atoms. The molecule has 0 fully saturated rings. The molecule has 0 radical (unpaired) electrons. The average molecular weight is 857 g/mol. The highest BCUT2D eigenvalue weighted by Crippen LogP contribution is 2.43. The van der Waals surface area contributed by atoms with Crippen LogP contribution in [0.15, 0.2) is 121 Å². The quantitative estimate of drug-likeness (QED) is 0.118. The van der Waals surface area contributed by atoms with Gasteiger partial charge in [0.05, 0.1) is 16.1 Å². The van der Waals surface area contributed by atoms with Crippen molar-refractivity contribution < 1.29 is 28.9 Å². The van der Waals surface area contributed by atoms with Gasteiger partial charge in [-0.2, -0.15) is 0 Å². The molecule has 0 saturated carbocycles. The van der Waals surface area contributed by atoms with Crippen LogP contribution in [0, 0.1) is 13.8 Å². The summed E-state index contributed by atoms with van der Waals surface area (Å²) in [6, 6.07) is 35.3. The van der Waals surface area contributed by atoms with E-state index < -0.39 is 18.1 Å². The second kappa shape index (κ2) is 18.4. The van der Waals surface area contributed by atoms with Crippen LogP contribution in [0.1, 0.15) is 70.1 Å². The number of aromatic nitrogens is 1. The zero-order valence-corrected chi connectivity index (χ0v) is 35.7. The summed E-state index contributed by atoms with van der Waals surface area (Å²) >= 11 is 12.2. The number of hydrogen-bond donors (Lipinski definition) is 2. The number of pyridine rings is 1. The lowest BCUT2D eigenvalue weighted by molar-refractivity contribution is -0.143. The number of aryl methyl sites for hydroxylation is 1. The maximum atomic E-state index is 14.4. The number of nitrogens with zero attached hydrogens (tertiary/aromatic N) is 2. The van der Waals surface area contributed by atoms with Crippen LogP contribution in [-0.2, 0) is 35.6 Å². The zero-order valence-electron chi connectivity index (χ0n) is 34.2. The predicted molar refractivity (Wildman–Crippen MR) is 237 cm³/mol. The molecule has 1 aromatic heterocycles. The standard InChI is InChI=1S/C50H47Cl2N3O6/c1-4-44(35-8-6-5-7-9-35)55-27-38-26-47-46(60-29-48(61-47)36-15-17-39(18-16-36)59-28-33-12-19-41(51)42(52)22-33)25-37(38)24-45(55)49(56)54-43(50(57)58)23-32-10-13-34(14-11-32)40-20-21-53-31(3)30(40)2/h5-22,25-26,43-45,48H,4,23-24,27-29H2,1-3H3,(H,54,56)(H,57,58)/t43?,44?,45-,48+/m0/s1. The van der Waals surface area contributed by atoms with Crippen molar-refractivity contribution >= 4 is 35.1 Å². The molecular formula is C50H47Cl2N3O6.